The van der Waals surface area contributed by atoms with Crippen molar-refractivity contribution in [2.45, 2.75) is 37.8 Å². The van der Waals surface area contributed by atoms with E-state index in [1.807, 2.05) is 37.3 Å². The van der Waals surface area contributed by atoms with E-state index in [4.69, 9.17) is 4.42 Å². The minimum absolute atomic E-state index is 0.0247. The number of nitrogens with one attached hydrogen (secondary N) is 2. The Balaban J connectivity index is 1.42. The second-order valence-electron chi connectivity index (χ2n) is 8.36. The van der Waals surface area contributed by atoms with Gasteiger partial charge in [0, 0.05) is 26.1 Å². The largest absolute Gasteiger partial charge is 0.459 e. The van der Waals surface area contributed by atoms with Gasteiger partial charge in [0.05, 0.1) is 11.2 Å². The van der Waals surface area contributed by atoms with E-state index in [1.165, 1.54) is 11.2 Å². The van der Waals surface area contributed by atoms with Crippen molar-refractivity contribution >= 4 is 21.8 Å². The molecule has 4 rings (SSSR count). The minimum atomic E-state index is -3.71. The van der Waals surface area contributed by atoms with Crippen molar-refractivity contribution in [1.82, 2.24) is 14.9 Å². The van der Waals surface area contributed by atoms with Gasteiger partial charge < -0.3 is 14.6 Å². The molecule has 178 valence electrons. The molecule has 1 aromatic heterocycles. The lowest BCUT2D eigenvalue weighted by Gasteiger charge is -2.35. The summed E-state index contributed by atoms with van der Waals surface area (Å²) in [6.45, 7) is 3.96. The lowest BCUT2D eigenvalue weighted by atomic mass is 9.93. The third kappa shape index (κ3) is 5.05. The van der Waals surface area contributed by atoms with E-state index in [9.17, 15) is 18.0 Å². The van der Waals surface area contributed by atoms with E-state index in [1.54, 1.807) is 31.2 Å². The molecule has 1 aliphatic heterocycles. The Labute approximate surface area is 199 Å². The molecule has 2 N–H and O–H groups in total. The van der Waals surface area contributed by atoms with Crippen LogP contribution in [-0.2, 0) is 27.8 Å². The summed E-state index contributed by atoms with van der Waals surface area (Å²) in [4.78, 5) is 27.8. The number of nitrogens with zero attached hydrogens (tertiary/aromatic N) is 1. The predicted octanol–water partition coefficient (Wildman–Crippen LogP) is 2.56. The zero-order valence-electron chi connectivity index (χ0n) is 19.1. The van der Waals surface area contributed by atoms with Crippen LogP contribution >= 0.6 is 0 Å². The summed E-state index contributed by atoms with van der Waals surface area (Å²) in [6.07, 6.45) is 1.78. The highest BCUT2D eigenvalue weighted by molar-refractivity contribution is 7.89. The first kappa shape index (κ1) is 23.7. The number of hydrogen-bond acceptors (Lipinski definition) is 5. The minimum Gasteiger partial charge on any atom is -0.459 e. The van der Waals surface area contributed by atoms with Crippen LogP contribution in [0.1, 0.15) is 32.8 Å². The molecule has 2 aromatic carbocycles. The number of benzene rings is 2. The summed E-state index contributed by atoms with van der Waals surface area (Å²) < 4.78 is 33.1. The van der Waals surface area contributed by atoms with Gasteiger partial charge in [0.25, 0.3) is 5.91 Å². The van der Waals surface area contributed by atoms with Crippen LogP contribution in [-0.4, -0.2) is 44.3 Å². The maximum atomic E-state index is 13.1. The molecule has 2 heterocycles. The summed E-state index contributed by atoms with van der Waals surface area (Å²) in [5.41, 5.74) is 3.47. The normalized spacial score (nSPS) is 15.6. The van der Waals surface area contributed by atoms with E-state index in [2.05, 4.69) is 10.0 Å². The second kappa shape index (κ2) is 9.82. The van der Waals surface area contributed by atoms with E-state index < -0.39 is 16.1 Å². The van der Waals surface area contributed by atoms with Gasteiger partial charge in [-0.3, -0.25) is 9.59 Å². The fraction of sp³-hybridized carbons (Fsp3) is 0.280. The van der Waals surface area contributed by atoms with Crippen LogP contribution in [0, 0.1) is 13.8 Å². The molecule has 1 atom stereocenters. The molecule has 8 nitrogen and oxygen atoms in total. The number of furan rings is 1. The van der Waals surface area contributed by atoms with Crippen molar-refractivity contribution in [2.24, 2.45) is 0 Å². The van der Waals surface area contributed by atoms with Crippen molar-refractivity contribution < 1.29 is 22.4 Å². The lowest BCUT2D eigenvalue weighted by molar-refractivity contribution is -0.126. The number of amides is 2. The number of carbonyl (C=O) groups is 2. The van der Waals surface area contributed by atoms with Gasteiger partial charge in [0.15, 0.2) is 5.76 Å². The molecule has 0 fully saturated rings. The first-order chi connectivity index (χ1) is 16.3. The third-order valence-corrected chi connectivity index (χ3v) is 7.50. The summed E-state index contributed by atoms with van der Waals surface area (Å²) in [7, 11) is -3.71. The van der Waals surface area contributed by atoms with Crippen LogP contribution in [0.25, 0.3) is 0 Å². The zero-order valence-corrected chi connectivity index (χ0v) is 19.9. The maximum Gasteiger partial charge on any atom is 0.290 e. The number of fused-ring (bicyclic) bond motifs is 1. The van der Waals surface area contributed by atoms with Crippen molar-refractivity contribution in [3.05, 3.63) is 88.9 Å². The first-order valence-corrected chi connectivity index (χ1v) is 12.5. The standard InChI is InChI=1S/C25H27N3O5S/c1-17-9-10-18(2)23(14-17)34(31,32)27-12-11-26-24(29)21-15-19-6-3-4-7-20(19)16-28(21)25(30)22-8-5-13-33-22/h3-10,13-14,21,27H,11-12,15-16H2,1-2H3,(H,26,29). The molecule has 0 radical (unpaired) electrons. The molecular formula is C25H27N3O5S. The van der Waals surface area contributed by atoms with Crippen LogP contribution in [0.15, 0.2) is 70.2 Å². The van der Waals surface area contributed by atoms with Crippen LogP contribution in [0.4, 0.5) is 0 Å². The molecule has 0 saturated carbocycles. The Morgan fingerprint density at radius 2 is 1.79 bits per heavy atom. The molecule has 0 spiro atoms. The first-order valence-electron chi connectivity index (χ1n) is 11.0. The van der Waals surface area contributed by atoms with Gasteiger partial charge in [-0.25, -0.2) is 13.1 Å². The highest BCUT2D eigenvalue weighted by Crippen LogP contribution is 2.25. The lowest BCUT2D eigenvalue weighted by Crippen LogP contribution is -2.53. The summed E-state index contributed by atoms with van der Waals surface area (Å²) >= 11 is 0. The van der Waals surface area contributed by atoms with Crippen LogP contribution in [0.2, 0.25) is 0 Å². The Morgan fingerprint density at radius 3 is 2.53 bits per heavy atom. The Morgan fingerprint density at radius 1 is 1.03 bits per heavy atom. The molecule has 0 bridgehead atoms. The molecule has 2 amide bonds. The molecule has 34 heavy (non-hydrogen) atoms. The monoisotopic (exact) mass is 481 g/mol. The van der Waals surface area contributed by atoms with Crippen LogP contribution in [0.5, 0.6) is 0 Å². The molecule has 1 aliphatic rings. The van der Waals surface area contributed by atoms with Crippen LogP contribution < -0.4 is 10.0 Å². The SMILES string of the molecule is Cc1ccc(C)c(S(=O)(=O)NCCNC(=O)C2Cc3ccccc3CN2C(=O)c2ccco2)c1. The van der Waals surface area contributed by atoms with Crippen molar-refractivity contribution in [3.63, 3.8) is 0 Å². The van der Waals surface area contributed by atoms with Crippen molar-refractivity contribution in [3.8, 4) is 0 Å². The predicted molar refractivity (Wildman–Crippen MR) is 127 cm³/mol. The quantitative estimate of drug-likeness (QED) is 0.504. The average molecular weight is 482 g/mol. The van der Waals surface area contributed by atoms with Gasteiger partial charge >= 0.3 is 0 Å². The molecule has 9 heteroatoms. The number of hydrogen-bond donors (Lipinski definition) is 2. The average Bonchev–Trinajstić information content (AvgIpc) is 3.37. The van der Waals surface area contributed by atoms with E-state index in [0.717, 1.165) is 16.7 Å². The molecule has 0 saturated heterocycles. The van der Waals surface area contributed by atoms with Gasteiger partial charge in [-0.1, -0.05) is 36.4 Å². The number of aryl methyl sites for hydroxylation is 2. The maximum absolute atomic E-state index is 13.1. The number of sulfonamides is 1. The number of rotatable bonds is 7. The highest BCUT2D eigenvalue weighted by Gasteiger charge is 2.35. The molecule has 0 aliphatic carbocycles. The molecule has 1 unspecified atom stereocenters. The summed E-state index contributed by atoms with van der Waals surface area (Å²) in [5.74, 6) is -0.547. The molecular weight excluding hydrogens is 454 g/mol. The fourth-order valence-corrected chi connectivity index (χ4v) is 5.44. The van der Waals surface area contributed by atoms with Gasteiger partial charge in [0.2, 0.25) is 15.9 Å². The topological polar surface area (TPSA) is 109 Å². The summed E-state index contributed by atoms with van der Waals surface area (Å²) in [5, 5.41) is 2.77. The Bertz CT molecular complexity index is 1300. The molecule has 3 aromatic rings. The second-order valence-corrected chi connectivity index (χ2v) is 10.1. The third-order valence-electron chi connectivity index (χ3n) is 5.89. The smallest absolute Gasteiger partial charge is 0.290 e. The van der Waals surface area contributed by atoms with E-state index in [0.29, 0.717) is 12.0 Å². The van der Waals surface area contributed by atoms with Crippen LogP contribution in [0.3, 0.4) is 0 Å². The van der Waals surface area contributed by atoms with Gasteiger partial charge in [-0.15, -0.1) is 0 Å². The number of carbonyl (C=O) groups excluding carboxylic acids is 2. The fourth-order valence-electron chi connectivity index (χ4n) is 4.08. The Kier molecular flexibility index (Phi) is 6.85. The van der Waals surface area contributed by atoms with Gasteiger partial charge in [-0.05, 0) is 54.3 Å². The highest BCUT2D eigenvalue weighted by atomic mass is 32.2. The zero-order chi connectivity index (χ0) is 24.3. The van der Waals surface area contributed by atoms with Gasteiger partial charge in [-0.2, -0.15) is 0 Å². The van der Waals surface area contributed by atoms with E-state index in [-0.39, 0.29) is 42.1 Å². The van der Waals surface area contributed by atoms with E-state index >= 15 is 0 Å². The van der Waals surface area contributed by atoms with Crippen molar-refractivity contribution in [1.29, 1.82) is 0 Å². The Hall–Kier alpha value is -3.43. The summed E-state index contributed by atoms with van der Waals surface area (Å²) in [6, 6.07) is 15.4. The van der Waals surface area contributed by atoms with Gasteiger partial charge in [0.1, 0.15) is 6.04 Å². The van der Waals surface area contributed by atoms with Crippen molar-refractivity contribution in [2.75, 3.05) is 13.1 Å².